The maximum atomic E-state index is 14.1. The first-order chi connectivity index (χ1) is 19.4. The van der Waals surface area contributed by atoms with E-state index in [9.17, 15) is 23.9 Å². The zero-order chi connectivity index (χ0) is 30.0. The van der Waals surface area contributed by atoms with Crippen molar-refractivity contribution in [3.05, 3.63) is 71.8 Å². The SMILES string of the molecule is CC(C)(O)CCC(CC(OC(=O)OCCN)[C@H](Cc1cccc(F)c1)NC(=O)c1cnc2ccccc2n1)C(N)=O. The molecule has 12 heteroatoms. The van der Waals surface area contributed by atoms with Crippen molar-refractivity contribution in [2.45, 2.75) is 57.3 Å². The summed E-state index contributed by atoms with van der Waals surface area (Å²) in [6.07, 6.45) is -0.539. The second-order valence-corrected chi connectivity index (χ2v) is 10.4. The fraction of sp³-hybridized carbons (Fsp3) is 0.414. The number of para-hydroxylation sites is 2. The quantitative estimate of drug-likeness (QED) is 0.212. The molecule has 2 unspecified atom stereocenters. The summed E-state index contributed by atoms with van der Waals surface area (Å²) in [6.45, 7) is 3.14. The van der Waals surface area contributed by atoms with Crippen molar-refractivity contribution in [3.8, 4) is 0 Å². The molecule has 2 aromatic carbocycles. The summed E-state index contributed by atoms with van der Waals surface area (Å²) in [4.78, 5) is 47.0. The van der Waals surface area contributed by atoms with E-state index in [4.69, 9.17) is 20.9 Å². The van der Waals surface area contributed by atoms with E-state index in [0.717, 1.165) is 0 Å². The van der Waals surface area contributed by atoms with Gasteiger partial charge in [-0.1, -0.05) is 24.3 Å². The number of amides is 2. The van der Waals surface area contributed by atoms with Crippen molar-refractivity contribution in [2.75, 3.05) is 13.2 Å². The van der Waals surface area contributed by atoms with Crippen LogP contribution in [0.1, 0.15) is 49.2 Å². The number of primary amides is 1. The van der Waals surface area contributed by atoms with E-state index in [1.807, 2.05) is 0 Å². The molecule has 1 aromatic heterocycles. The number of aromatic nitrogens is 2. The standard InChI is InChI=1S/C29H36FN5O6/c1-29(2,39)11-10-19(26(32)36)16-25(41-28(38)40-13-12-31)23(15-18-6-5-7-20(30)14-18)35-27(37)24-17-33-21-8-3-4-9-22(21)34-24/h3-9,14,17,19,23,25,39H,10-13,15-16,31H2,1-2H3,(H2,32,36)(H,35,37)/t19?,23-,25?/m0/s1. The van der Waals surface area contributed by atoms with Gasteiger partial charge in [0.15, 0.2) is 0 Å². The number of ether oxygens (including phenoxy) is 2. The first-order valence-corrected chi connectivity index (χ1v) is 13.3. The molecule has 3 aromatic rings. The van der Waals surface area contributed by atoms with Crippen LogP contribution in [0.4, 0.5) is 9.18 Å². The highest BCUT2D eigenvalue weighted by Gasteiger charge is 2.33. The highest BCUT2D eigenvalue weighted by atomic mass is 19.1. The summed E-state index contributed by atoms with van der Waals surface area (Å²) in [7, 11) is 0. The highest BCUT2D eigenvalue weighted by molar-refractivity contribution is 5.94. The van der Waals surface area contributed by atoms with E-state index in [2.05, 4.69) is 15.3 Å². The van der Waals surface area contributed by atoms with Gasteiger partial charge in [0.05, 0.1) is 28.9 Å². The Labute approximate surface area is 237 Å². The van der Waals surface area contributed by atoms with Gasteiger partial charge in [-0.25, -0.2) is 14.2 Å². The minimum absolute atomic E-state index is 0.00545. The molecule has 3 atom stereocenters. The molecule has 0 aliphatic rings. The van der Waals surface area contributed by atoms with Gasteiger partial charge in [0, 0.05) is 12.5 Å². The number of halogens is 1. The molecule has 0 aliphatic carbocycles. The van der Waals surface area contributed by atoms with Crippen LogP contribution in [-0.4, -0.2) is 63.9 Å². The largest absolute Gasteiger partial charge is 0.508 e. The number of hydrogen-bond acceptors (Lipinski definition) is 9. The average molecular weight is 570 g/mol. The smallest absolute Gasteiger partial charge is 0.433 e. The number of carbonyl (C=O) groups is 3. The van der Waals surface area contributed by atoms with Crippen molar-refractivity contribution in [1.29, 1.82) is 0 Å². The Morgan fingerprint density at radius 1 is 1.12 bits per heavy atom. The van der Waals surface area contributed by atoms with Crippen LogP contribution < -0.4 is 16.8 Å². The number of nitrogens with two attached hydrogens (primary N) is 2. The number of benzene rings is 2. The summed E-state index contributed by atoms with van der Waals surface area (Å²) in [5.74, 6) is -2.62. The Bertz CT molecular complexity index is 1350. The van der Waals surface area contributed by atoms with Gasteiger partial charge in [0.1, 0.15) is 24.2 Å². The predicted molar refractivity (Wildman–Crippen MR) is 149 cm³/mol. The number of hydrogen-bond donors (Lipinski definition) is 4. The lowest BCUT2D eigenvalue weighted by Crippen LogP contribution is -2.48. The van der Waals surface area contributed by atoms with Gasteiger partial charge in [-0.05, 0) is 69.4 Å². The molecular weight excluding hydrogens is 533 g/mol. The van der Waals surface area contributed by atoms with Crippen LogP contribution in [0.15, 0.2) is 54.7 Å². The van der Waals surface area contributed by atoms with Crippen LogP contribution in [0.3, 0.4) is 0 Å². The fourth-order valence-electron chi connectivity index (χ4n) is 4.28. The highest BCUT2D eigenvalue weighted by Crippen LogP contribution is 2.24. The Morgan fingerprint density at radius 3 is 2.51 bits per heavy atom. The Balaban J connectivity index is 1.96. The van der Waals surface area contributed by atoms with E-state index in [1.54, 1.807) is 44.2 Å². The van der Waals surface area contributed by atoms with Gasteiger partial charge in [-0.3, -0.25) is 14.6 Å². The Kier molecular flexibility index (Phi) is 11.1. The lowest BCUT2D eigenvalue weighted by Gasteiger charge is -2.30. The van der Waals surface area contributed by atoms with E-state index in [1.165, 1.54) is 24.4 Å². The van der Waals surface area contributed by atoms with Gasteiger partial charge in [-0.15, -0.1) is 0 Å². The fourth-order valence-corrected chi connectivity index (χ4v) is 4.28. The summed E-state index contributed by atoms with van der Waals surface area (Å²) in [5.41, 5.74) is 11.6. The van der Waals surface area contributed by atoms with Crippen LogP contribution in [0.5, 0.6) is 0 Å². The third-order valence-corrected chi connectivity index (χ3v) is 6.40. The number of fused-ring (bicyclic) bond motifs is 1. The first-order valence-electron chi connectivity index (χ1n) is 13.3. The third kappa shape index (κ3) is 10.1. The maximum absolute atomic E-state index is 14.1. The molecule has 0 saturated heterocycles. The lowest BCUT2D eigenvalue weighted by molar-refractivity contribution is -0.123. The first kappa shape index (κ1) is 31.4. The van der Waals surface area contributed by atoms with E-state index in [0.29, 0.717) is 16.6 Å². The Morgan fingerprint density at radius 2 is 1.85 bits per heavy atom. The molecule has 41 heavy (non-hydrogen) atoms. The number of nitrogens with one attached hydrogen (secondary N) is 1. The number of carbonyl (C=O) groups excluding carboxylic acids is 3. The third-order valence-electron chi connectivity index (χ3n) is 6.40. The molecule has 0 bridgehead atoms. The molecule has 3 rings (SSSR count). The Hall–Kier alpha value is -4.16. The minimum atomic E-state index is -1.14. The van der Waals surface area contributed by atoms with Crippen molar-refractivity contribution >= 4 is 29.0 Å². The summed E-state index contributed by atoms with van der Waals surface area (Å²) < 4.78 is 24.7. The summed E-state index contributed by atoms with van der Waals surface area (Å²) >= 11 is 0. The summed E-state index contributed by atoms with van der Waals surface area (Å²) in [5, 5.41) is 13.0. The molecule has 0 radical (unpaired) electrons. The van der Waals surface area contributed by atoms with Crippen molar-refractivity contribution in [1.82, 2.24) is 15.3 Å². The van der Waals surface area contributed by atoms with Crippen LogP contribution in [0.2, 0.25) is 0 Å². The zero-order valence-electron chi connectivity index (χ0n) is 23.1. The van der Waals surface area contributed by atoms with E-state index in [-0.39, 0.29) is 44.5 Å². The molecule has 220 valence electrons. The van der Waals surface area contributed by atoms with Crippen LogP contribution >= 0.6 is 0 Å². The van der Waals surface area contributed by atoms with Gasteiger partial charge in [0.25, 0.3) is 5.91 Å². The monoisotopic (exact) mass is 569 g/mol. The zero-order valence-corrected chi connectivity index (χ0v) is 23.1. The van der Waals surface area contributed by atoms with Gasteiger partial charge in [-0.2, -0.15) is 0 Å². The van der Waals surface area contributed by atoms with Crippen LogP contribution in [0.25, 0.3) is 11.0 Å². The summed E-state index contributed by atoms with van der Waals surface area (Å²) in [6, 6.07) is 11.8. The molecule has 0 spiro atoms. The maximum Gasteiger partial charge on any atom is 0.508 e. The van der Waals surface area contributed by atoms with Gasteiger partial charge >= 0.3 is 6.16 Å². The van der Waals surface area contributed by atoms with Gasteiger partial charge in [0.2, 0.25) is 5.91 Å². The molecular formula is C29H36FN5O6. The lowest BCUT2D eigenvalue weighted by atomic mass is 9.87. The number of rotatable bonds is 14. The second-order valence-electron chi connectivity index (χ2n) is 10.4. The molecule has 11 nitrogen and oxygen atoms in total. The van der Waals surface area contributed by atoms with Crippen LogP contribution in [-0.2, 0) is 20.7 Å². The van der Waals surface area contributed by atoms with E-state index >= 15 is 0 Å². The molecule has 0 fully saturated rings. The molecule has 6 N–H and O–H groups in total. The van der Waals surface area contributed by atoms with Gasteiger partial charge < -0.3 is 31.4 Å². The van der Waals surface area contributed by atoms with Crippen molar-refractivity contribution in [3.63, 3.8) is 0 Å². The minimum Gasteiger partial charge on any atom is -0.433 e. The number of aliphatic hydroxyl groups is 1. The van der Waals surface area contributed by atoms with E-state index < -0.39 is 47.5 Å². The predicted octanol–water partition coefficient (Wildman–Crippen LogP) is 2.63. The molecule has 1 heterocycles. The normalized spacial score (nSPS) is 13.7. The van der Waals surface area contributed by atoms with Crippen molar-refractivity contribution < 1.29 is 33.4 Å². The van der Waals surface area contributed by atoms with Crippen molar-refractivity contribution in [2.24, 2.45) is 17.4 Å². The molecule has 0 saturated carbocycles. The number of nitrogens with zero attached hydrogens (tertiary/aromatic N) is 2. The molecule has 0 aliphatic heterocycles. The molecule has 2 amide bonds. The average Bonchev–Trinajstić information content (AvgIpc) is 2.92. The topological polar surface area (TPSA) is 180 Å². The second kappa shape index (κ2) is 14.5. The van der Waals surface area contributed by atoms with Crippen LogP contribution in [0, 0.1) is 11.7 Å².